The van der Waals surface area contributed by atoms with Crippen molar-refractivity contribution in [1.29, 1.82) is 0 Å². The molecule has 24 heavy (non-hydrogen) atoms. The third-order valence-corrected chi connectivity index (χ3v) is 4.63. The molecule has 2 amide bonds. The normalized spacial score (nSPS) is 14.9. The summed E-state index contributed by atoms with van der Waals surface area (Å²) in [6.07, 6.45) is 5.52. The van der Waals surface area contributed by atoms with Crippen LogP contribution in [0, 0.1) is 5.92 Å². The van der Waals surface area contributed by atoms with Crippen molar-refractivity contribution >= 4 is 11.8 Å². The van der Waals surface area contributed by atoms with Crippen molar-refractivity contribution < 1.29 is 14.3 Å². The summed E-state index contributed by atoms with van der Waals surface area (Å²) in [4.78, 5) is 25.7. The van der Waals surface area contributed by atoms with Crippen LogP contribution in [0.25, 0.3) is 0 Å². The Labute approximate surface area is 144 Å². The van der Waals surface area contributed by atoms with Crippen LogP contribution in [0.5, 0.6) is 5.75 Å². The van der Waals surface area contributed by atoms with Crippen LogP contribution in [0.4, 0.5) is 0 Å². The molecule has 132 valence electrons. The molecule has 0 heterocycles. The first-order chi connectivity index (χ1) is 11.6. The molecule has 0 saturated heterocycles. The second kappa shape index (κ2) is 9.30. The topological polar surface area (TPSA) is 58.6 Å². The number of carbonyl (C=O) groups excluding carboxylic acids is 2. The maximum absolute atomic E-state index is 12.1. The van der Waals surface area contributed by atoms with E-state index in [0.717, 1.165) is 37.0 Å². The Hall–Kier alpha value is -2.04. The second-order valence-corrected chi connectivity index (χ2v) is 6.41. The van der Waals surface area contributed by atoms with Gasteiger partial charge in [-0.3, -0.25) is 9.59 Å². The van der Waals surface area contributed by atoms with Crippen LogP contribution in [0.2, 0.25) is 0 Å². The summed E-state index contributed by atoms with van der Waals surface area (Å²) in [7, 11) is 1.63. The van der Waals surface area contributed by atoms with E-state index >= 15 is 0 Å². The number of nitrogens with zero attached hydrogens (tertiary/aromatic N) is 1. The molecule has 2 rings (SSSR count). The summed E-state index contributed by atoms with van der Waals surface area (Å²) in [6, 6.07) is 7.68. The molecule has 1 fully saturated rings. The van der Waals surface area contributed by atoms with Crippen molar-refractivity contribution in [3.63, 3.8) is 0 Å². The summed E-state index contributed by atoms with van der Waals surface area (Å²) in [5.74, 6) is 1.11. The maximum Gasteiger partial charge on any atom is 0.223 e. The Kier molecular flexibility index (Phi) is 7.09. The lowest BCUT2D eigenvalue weighted by Crippen LogP contribution is -2.39. The van der Waals surface area contributed by atoms with E-state index in [1.807, 2.05) is 24.3 Å². The fourth-order valence-corrected chi connectivity index (χ4v) is 3.12. The van der Waals surface area contributed by atoms with E-state index in [1.54, 1.807) is 18.9 Å². The third-order valence-electron chi connectivity index (χ3n) is 4.63. The lowest BCUT2D eigenvalue weighted by atomic mass is 9.89. The van der Waals surface area contributed by atoms with Crippen LogP contribution < -0.4 is 10.1 Å². The van der Waals surface area contributed by atoms with Gasteiger partial charge in [-0.15, -0.1) is 0 Å². The van der Waals surface area contributed by atoms with Gasteiger partial charge in [0.15, 0.2) is 0 Å². The van der Waals surface area contributed by atoms with Gasteiger partial charge in [-0.1, -0.05) is 31.4 Å². The lowest BCUT2D eigenvalue weighted by Gasteiger charge is -2.24. The maximum atomic E-state index is 12.1. The van der Waals surface area contributed by atoms with Gasteiger partial charge in [-0.2, -0.15) is 0 Å². The lowest BCUT2D eigenvalue weighted by molar-refractivity contribution is -0.130. The van der Waals surface area contributed by atoms with Crippen molar-refractivity contribution in [3.8, 4) is 5.75 Å². The van der Waals surface area contributed by atoms with E-state index in [0.29, 0.717) is 19.6 Å². The fraction of sp³-hybridized carbons (Fsp3) is 0.579. The van der Waals surface area contributed by atoms with Gasteiger partial charge in [0.05, 0.1) is 7.11 Å². The number of ether oxygens (including phenoxy) is 1. The van der Waals surface area contributed by atoms with Gasteiger partial charge in [-0.25, -0.2) is 0 Å². The predicted molar refractivity (Wildman–Crippen MR) is 93.7 cm³/mol. The second-order valence-electron chi connectivity index (χ2n) is 6.41. The minimum Gasteiger partial charge on any atom is -0.497 e. The molecule has 1 saturated carbocycles. The number of rotatable bonds is 7. The van der Waals surface area contributed by atoms with Crippen LogP contribution in [-0.4, -0.2) is 36.9 Å². The standard InChI is InChI=1S/C19H28N2O3/c1-15(22)21(14-16-8-10-18(24-2)11-9-16)13-12-20-19(23)17-6-4-3-5-7-17/h8-11,17H,3-7,12-14H2,1-2H3,(H,20,23). The Morgan fingerprint density at radius 3 is 2.42 bits per heavy atom. The number of nitrogens with one attached hydrogen (secondary N) is 1. The minimum atomic E-state index is 0.0118. The molecular formula is C19H28N2O3. The number of carbonyl (C=O) groups is 2. The third kappa shape index (κ3) is 5.55. The van der Waals surface area contributed by atoms with Crippen molar-refractivity contribution in [2.75, 3.05) is 20.2 Å². The summed E-state index contributed by atoms with van der Waals surface area (Å²) >= 11 is 0. The summed E-state index contributed by atoms with van der Waals surface area (Å²) < 4.78 is 5.14. The Bertz CT molecular complexity index is 536. The predicted octanol–water partition coefficient (Wildman–Crippen LogP) is 2.74. The fourth-order valence-electron chi connectivity index (χ4n) is 3.12. The smallest absolute Gasteiger partial charge is 0.223 e. The summed E-state index contributed by atoms with van der Waals surface area (Å²) in [5, 5.41) is 2.99. The van der Waals surface area contributed by atoms with Gasteiger partial charge in [0.1, 0.15) is 5.75 Å². The molecular weight excluding hydrogens is 304 g/mol. The van der Waals surface area contributed by atoms with E-state index < -0.39 is 0 Å². The molecule has 1 aliphatic carbocycles. The van der Waals surface area contributed by atoms with Crippen molar-refractivity contribution in [3.05, 3.63) is 29.8 Å². The van der Waals surface area contributed by atoms with Gasteiger partial charge in [0, 0.05) is 32.5 Å². The molecule has 0 aliphatic heterocycles. The first kappa shape index (κ1) is 18.3. The number of methoxy groups -OCH3 is 1. The molecule has 1 N–H and O–H groups in total. The van der Waals surface area contributed by atoms with E-state index in [1.165, 1.54) is 6.42 Å². The highest BCUT2D eigenvalue weighted by molar-refractivity contribution is 5.78. The molecule has 0 radical (unpaired) electrons. The highest BCUT2D eigenvalue weighted by atomic mass is 16.5. The van der Waals surface area contributed by atoms with E-state index in [9.17, 15) is 9.59 Å². The van der Waals surface area contributed by atoms with Gasteiger partial charge in [0.25, 0.3) is 0 Å². The average molecular weight is 332 g/mol. The SMILES string of the molecule is COc1ccc(CN(CCNC(=O)C2CCCCC2)C(C)=O)cc1. The number of hydrogen-bond donors (Lipinski definition) is 1. The van der Waals surface area contributed by atoms with Gasteiger partial charge in [-0.05, 0) is 30.5 Å². The first-order valence-electron chi connectivity index (χ1n) is 8.76. The van der Waals surface area contributed by atoms with E-state index in [2.05, 4.69) is 5.32 Å². The minimum absolute atomic E-state index is 0.0118. The molecule has 1 aromatic rings. The molecule has 1 aliphatic rings. The number of hydrogen-bond acceptors (Lipinski definition) is 3. The molecule has 0 atom stereocenters. The Balaban J connectivity index is 1.80. The van der Waals surface area contributed by atoms with Crippen LogP contribution in [0.3, 0.4) is 0 Å². The molecule has 5 heteroatoms. The van der Waals surface area contributed by atoms with Crippen LogP contribution in [0.1, 0.15) is 44.6 Å². The summed E-state index contributed by atoms with van der Waals surface area (Å²) in [6.45, 7) is 3.13. The van der Waals surface area contributed by atoms with Crippen molar-refractivity contribution in [2.24, 2.45) is 5.92 Å². The quantitative estimate of drug-likeness (QED) is 0.835. The zero-order valence-electron chi connectivity index (χ0n) is 14.7. The number of benzene rings is 1. The van der Waals surface area contributed by atoms with Crippen molar-refractivity contribution in [1.82, 2.24) is 10.2 Å². The van der Waals surface area contributed by atoms with Crippen molar-refractivity contribution in [2.45, 2.75) is 45.6 Å². The zero-order chi connectivity index (χ0) is 17.4. The van der Waals surface area contributed by atoms with Gasteiger partial charge >= 0.3 is 0 Å². The molecule has 0 bridgehead atoms. The monoisotopic (exact) mass is 332 g/mol. The average Bonchev–Trinajstić information content (AvgIpc) is 2.62. The zero-order valence-corrected chi connectivity index (χ0v) is 14.7. The molecule has 0 unspecified atom stereocenters. The molecule has 0 aromatic heterocycles. The van der Waals surface area contributed by atoms with Crippen LogP contribution in [-0.2, 0) is 16.1 Å². The number of amides is 2. The largest absolute Gasteiger partial charge is 0.497 e. The van der Waals surface area contributed by atoms with Crippen LogP contribution >= 0.6 is 0 Å². The summed E-state index contributed by atoms with van der Waals surface area (Å²) in [5.41, 5.74) is 1.05. The Morgan fingerprint density at radius 1 is 1.17 bits per heavy atom. The molecule has 5 nitrogen and oxygen atoms in total. The Morgan fingerprint density at radius 2 is 1.83 bits per heavy atom. The van der Waals surface area contributed by atoms with Gasteiger partial charge < -0.3 is 15.0 Å². The van der Waals surface area contributed by atoms with E-state index in [-0.39, 0.29) is 17.7 Å². The first-order valence-corrected chi connectivity index (χ1v) is 8.76. The highest BCUT2D eigenvalue weighted by Crippen LogP contribution is 2.23. The van der Waals surface area contributed by atoms with E-state index in [4.69, 9.17) is 4.74 Å². The van der Waals surface area contributed by atoms with Gasteiger partial charge in [0.2, 0.25) is 11.8 Å². The molecule has 0 spiro atoms. The highest BCUT2D eigenvalue weighted by Gasteiger charge is 2.20. The molecule has 1 aromatic carbocycles. The van der Waals surface area contributed by atoms with Crippen LogP contribution in [0.15, 0.2) is 24.3 Å².